The summed E-state index contributed by atoms with van der Waals surface area (Å²) in [7, 11) is 3.79. The summed E-state index contributed by atoms with van der Waals surface area (Å²) < 4.78 is 39.7. The largest absolute Gasteiger partial charge is 0.417 e. The second-order valence-electron chi connectivity index (χ2n) is 6.36. The molecule has 1 aromatic carbocycles. The summed E-state index contributed by atoms with van der Waals surface area (Å²) in [5.41, 5.74) is 1.78. The summed E-state index contributed by atoms with van der Waals surface area (Å²) in [6.07, 6.45) is -1.42. The number of aromatic nitrogens is 2. The number of anilines is 1. The molecule has 0 spiro atoms. The van der Waals surface area contributed by atoms with Gasteiger partial charge in [0.1, 0.15) is 5.65 Å². The van der Waals surface area contributed by atoms with E-state index in [1.165, 1.54) is 10.5 Å². The van der Waals surface area contributed by atoms with E-state index in [9.17, 15) is 18.0 Å². The van der Waals surface area contributed by atoms with Crippen LogP contribution in [0, 0.1) is 0 Å². The number of carbonyl (C=O) groups excluding carboxylic acids is 1. The first-order chi connectivity index (χ1) is 12.7. The van der Waals surface area contributed by atoms with Crippen LogP contribution in [0.1, 0.15) is 21.6 Å². The molecule has 2 heterocycles. The van der Waals surface area contributed by atoms with Gasteiger partial charge in [-0.05, 0) is 30.3 Å². The molecule has 0 saturated carbocycles. The van der Waals surface area contributed by atoms with E-state index in [2.05, 4.69) is 10.3 Å². The highest BCUT2D eigenvalue weighted by atomic mass is 19.4. The lowest BCUT2D eigenvalue weighted by atomic mass is 10.2. The Kier molecular flexibility index (Phi) is 5.07. The van der Waals surface area contributed by atoms with E-state index in [0.29, 0.717) is 29.9 Å². The number of rotatable bonds is 5. The molecule has 0 bridgehead atoms. The number of hydrogen-bond donors (Lipinski definition) is 1. The van der Waals surface area contributed by atoms with Gasteiger partial charge in [0.25, 0.3) is 5.91 Å². The van der Waals surface area contributed by atoms with Gasteiger partial charge >= 0.3 is 6.18 Å². The SMILES string of the molecule is CN(C)c1cccc(C(=O)NCCc2cn3cc(C(F)(F)F)ccc3n2)c1. The van der Waals surface area contributed by atoms with Crippen LogP contribution in [0.4, 0.5) is 18.9 Å². The van der Waals surface area contributed by atoms with Crippen LogP contribution in [0.5, 0.6) is 0 Å². The molecule has 0 aliphatic carbocycles. The molecule has 8 heteroatoms. The minimum Gasteiger partial charge on any atom is -0.378 e. The number of halogens is 3. The molecule has 0 aliphatic heterocycles. The second kappa shape index (κ2) is 7.30. The predicted octanol–water partition coefficient (Wildman–Crippen LogP) is 3.39. The lowest BCUT2D eigenvalue weighted by Crippen LogP contribution is -2.26. The van der Waals surface area contributed by atoms with Gasteiger partial charge in [-0.25, -0.2) is 4.98 Å². The van der Waals surface area contributed by atoms with E-state index in [4.69, 9.17) is 0 Å². The molecule has 5 nitrogen and oxygen atoms in total. The molecule has 3 aromatic rings. The molecule has 0 unspecified atom stereocenters. The molecule has 0 fully saturated rings. The summed E-state index contributed by atoms with van der Waals surface area (Å²) in [5, 5.41) is 2.81. The number of benzene rings is 1. The predicted molar refractivity (Wildman–Crippen MR) is 97.0 cm³/mol. The van der Waals surface area contributed by atoms with Gasteiger partial charge in [0.2, 0.25) is 0 Å². The fourth-order valence-electron chi connectivity index (χ4n) is 2.66. The number of alkyl halides is 3. The molecule has 3 rings (SSSR count). The van der Waals surface area contributed by atoms with Crippen molar-refractivity contribution in [3.8, 4) is 0 Å². The molecule has 0 radical (unpaired) electrons. The second-order valence-corrected chi connectivity index (χ2v) is 6.36. The standard InChI is InChI=1S/C19H19F3N4O/c1-25(2)16-5-3-4-13(10-16)18(27)23-9-8-15-12-26-11-14(19(20,21)22)6-7-17(26)24-15/h3-7,10-12H,8-9H2,1-2H3,(H,23,27). The molecule has 2 aromatic heterocycles. The molecule has 0 saturated heterocycles. The van der Waals surface area contributed by atoms with E-state index in [-0.39, 0.29) is 5.91 Å². The zero-order valence-electron chi connectivity index (χ0n) is 14.9. The highest BCUT2D eigenvalue weighted by Gasteiger charge is 2.30. The highest BCUT2D eigenvalue weighted by Crippen LogP contribution is 2.29. The third kappa shape index (κ3) is 4.39. The highest BCUT2D eigenvalue weighted by molar-refractivity contribution is 5.95. The van der Waals surface area contributed by atoms with Gasteiger partial charge in [-0.1, -0.05) is 6.07 Å². The molecule has 142 valence electrons. The van der Waals surface area contributed by atoms with Crippen LogP contribution in [0.3, 0.4) is 0 Å². The number of pyridine rings is 1. The molecule has 0 atom stereocenters. The van der Waals surface area contributed by atoms with Gasteiger partial charge in [0, 0.05) is 50.7 Å². The third-order valence-corrected chi connectivity index (χ3v) is 4.12. The van der Waals surface area contributed by atoms with Gasteiger partial charge in [0.15, 0.2) is 0 Å². The van der Waals surface area contributed by atoms with Crippen LogP contribution in [0.25, 0.3) is 5.65 Å². The number of fused-ring (bicyclic) bond motifs is 1. The number of nitrogens with one attached hydrogen (secondary N) is 1. The van der Waals surface area contributed by atoms with Gasteiger partial charge in [-0.2, -0.15) is 13.2 Å². The zero-order chi connectivity index (χ0) is 19.6. The van der Waals surface area contributed by atoms with Crippen molar-refractivity contribution in [2.75, 3.05) is 25.5 Å². The maximum Gasteiger partial charge on any atom is 0.417 e. The van der Waals surface area contributed by atoms with Crippen molar-refractivity contribution in [2.45, 2.75) is 12.6 Å². The maximum atomic E-state index is 12.8. The Morgan fingerprint density at radius 1 is 1.19 bits per heavy atom. The number of nitrogens with zero attached hydrogens (tertiary/aromatic N) is 3. The average molecular weight is 376 g/mol. The molecule has 1 amide bonds. The van der Waals surface area contributed by atoms with Gasteiger partial charge in [0.05, 0.1) is 11.3 Å². The monoisotopic (exact) mass is 376 g/mol. The van der Waals surface area contributed by atoms with Crippen LogP contribution in [-0.4, -0.2) is 35.9 Å². The minimum absolute atomic E-state index is 0.207. The van der Waals surface area contributed by atoms with E-state index < -0.39 is 11.7 Å². The molecule has 0 aliphatic rings. The number of amides is 1. The lowest BCUT2D eigenvalue weighted by molar-refractivity contribution is -0.137. The van der Waals surface area contributed by atoms with Crippen LogP contribution in [0.15, 0.2) is 48.8 Å². The number of hydrogen-bond acceptors (Lipinski definition) is 3. The van der Waals surface area contributed by atoms with E-state index in [1.807, 2.05) is 31.1 Å². The fourth-order valence-corrected chi connectivity index (χ4v) is 2.66. The molecular weight excluding hydrogens is 357 g/mol. The van der Waals surface area contributed by atoms with Gasteiger partial charge in [-0.3, -0.25) is 4.79 Å². The Hall–Kier alpha value is -3.03. The average Bonchev–Trinajstić information content (AvgIpc) is 3.02. The topological polar surface area (TPSA) is 49.6 Å². The van der Waals surface area contributed by atoms with Crippen molar-refractivity contribution >= 4 is 17.2 Å². The molecule has 27 heavy (non-hydrogen) atoms. The lowest BCUT2D eigenvalue weighted by Gasteiger charge is -2.13. The first-order valence-corrected chi connectivity index (χ1v) is 8.34. The van der Waals surface area contributed by atoms with E-state index in [1.54, 1.807) is 18.3 Å². The summed E-state index contributed by atoms with van der Waals surface area (Å²) >= 11 is 0. The molecule has 1 N–H and O–H groups in total. The summed E-state index contributed by atoms with van der Waals surface area (Å²) in [4.78, 5) is 18.4. The Morgan fingerprint density at radius 3 is 2.67 bits per heavy atom. The molecular formula is C19H19F3N4O. The van der Waals surface area contributed by atoms with Gasteiger partial charge < -0.3 is 14.6 Å². The quantitative estimate of drug-likeness (QED) is 0.743. The number of imidazole rings is 1. The first-order valence-electron chi connectivity index (χ1n) is 8.34. The van der Waals surface area contributed by atoms with E-state index >= 15 is 0 Å². The normalized spacial score (nSPS) is 11.6. The van der Waals surface area contributed by atoms with Crippen molar-refractivity contribution in [1.82, 2.24) is 14.7 Å². The Morgan fingerprint density at radius 2 is 1.96 bits per heavy atom. The van der Waals surface area contributed by atoms with Crippen LogP contribution in [-0.2, 0) is 12.6 Å². The third-order valence-electron chi connectivity index (χ3n) is 4.12. The first kappa shape index (κ1) is 18.8. The van der Waals surface area contributed by atoms with Crippen molar-refractivity contribution < 1.29 is 18.0 Å². The smallest absolute Gasteiger partial charge is 0.378 e. The minimum atomic E-state index is -4.40. The summed E-state index contributed by atoms with van der Waals surface area (Å²) in [6.45, 7) is 0.334. The summed E-state index contributed by atoms with van der Waals surface area (Å²) in [6, 6.07) is 9.57. The van der Waals surface area contributed by atoms with Crippen molar-refractivity contribution in [3.05, 3.63) is 65.6 Å². The van der Waals surface area contributed by atoms with Crippen molar-refractivity contribution in [3.63, 3.8) is 0 Å². The Bertz CT molecular complexity index is 963. The number of carbonyl (C=O) groups is 1. The Balaban J connectivity index is 1.63. The zero-order valence-corrected chi connectivity index (χ0v) is 14.9. The van der Waals surface area contributed by atoms with Crippen LogP contribution < -0.4 is 10.2 Å². The fraction of sp³-hybridized carbons (Fsp3) is 0.263. The van der Waals surface area contributed by atoms with Gasteiger partial charge in [-0.15, -0.1) is 0 Å². The van der Waals surface area contributed by atoms with Crippen LogP contribution >= 0.6 is 0 Å². The van der Waals surface area contributed by atoms with Crippen molar-refractivity contribution in [1.29, 1.82) is 0 Å². The van der Waals surface area contributed by atoms with Crippen LogP contribution in [0.2, 0.25) is 0 Å². The Labute approximate surface area is 154 Å². The summed E-state index contributed by atoms with van der Waals surface area (Å²) in [5.74, 6) is -0.207. The van der Waals surface area contributed by atoms with Crippen molar-refractivity contribution in [2.24, 2.45) is 0 Å². The maximum absolute atomic E-state index is 12.8. The van der Waals surface area contributed by atoms with E-state index in [0.717, 1.165) is 18.0 Å².